The molecule has 0 bridgehead atoms. The maximum atomic E-state index is 15.2. The highest BCUT2D eigenvalue weighted by molar-refractivity contribution is 6.34. The number of ether oxygens (including phenoxy) is 1. The van der Waals surface area contributed by atoms with Gasteiger partial charge in [0.1, 0.15) is 17.3 Å². The van der Waals surface area contributed by atoms with E-state index in [4.69, 9.17) is 16.9 Å². The predicted octanol–water partition coefficient (Wildman–Crippen LogP) is 5.07. The number of benzene rings is 3. The first-order valence-electron chi connectivity index (χ1n) is 11.0. The number of carbonyl (C=O) groups is 2. The average molecular weight is 518 g/mol. The summed E-state index contributed by atoms with van der Waals surface area (Å²) in [6.07, 6.45) is 1.78. The van der Waals surface area contributed by atoms with Crippen molar-refractivity contribution in [2.75, 3.05) is 21.2 Å². The number of nitrogens with zero attached hydrogens (tertiary/aromatic N) is 5. The zero-order chi connectivity index (χ0) is 26.9. The first-order chi connectivity index (χ1) is 17.7. The molecule has 8 nitrogen and oxygen atoms in total. The molecule has 0 atom stereocenters. The summed E-state index contributed by atoms with van der Waals surface area (Å²) in [6, 6.07) is 14.0. The Morgan fingerprint density at radius 1 is 1.14 bits per heavy atom. The molecule has 3 aromatic carbocycles. The smallest absolute Gasteiger partial charge is 0.337 e. The SMILES string of the molecule is COC(=O)c1ccc(-c2nn(C(=O)c3c(C)cccc3Cl)c3cc(/C(=N\C#N)N(C)C)ccc23)c(F)c1. The van der Waals surface area contributed by atoms with E-state index >= 15 is 4.39 Å². The number of amidine groups is 1. The summed E-state index contributed by atoms with van der Waals surface area (Å²) in [5, 5.41) is 14.4. The van der Waals surface area contributed by atoms with Crippen molar-refractivity contribution in [2.24, 2.45) is 4.99 Å². The van der Waals surface area contributed by atoms with Crippen molar-refractivity contribution < 1.29 is 18.7 Å². The number of nitriles is 1. The number of methoxy groups -OCH3 is 1. The maximum Gasteiger partial charge on any atom is 0.337 e. The Hall–Kier alpha value is -4.55. The van der Waals surface area contributed by atoms with Crippen molar-refractivity contribution in [1.82, 2.24) is 14.7 Å². The fourth-order valence-corrected chi connectivity index (χ4v) is 4.34. The van der Waals surface area contributed by atoms with Crippen molar-refractivity contribution in [3.05, 3.63) is 87.7 Å². The molecule has 186 valence electrons. The molecule has 1 aromatic heterocycles. The second-order valence-electron chi connectivity index (χ2n) is 8.35. The van der Waals surface area contributed by atoms with Gasteiger partial charge in [-0.25, -0.2) is 9.18 Å². The van der Waals surface area contributed by atoms with E-state index < -0.39 is 17.7 Å². The third-order valence-corrected chi connectivity index (χ3v) is 6.11. The van der Waals surface area contributed by atoms with E-state index in [1.165, 1.54) is 19.2 Å². The lowest BCUT2D eigenvalue weighted by molar-refractivity contribution is 0.0600. The molecular formula is C27H21ClFN5O3. The Bertz CT molecular complexity index is 1620. The third-order valence-electron chi connectivity index (χ3n) is 5.79. The number of fused-ring (bicyclic) bond motifs is 1. The van der Waals surface area contributed by atoms with E-state index in [0.29, 0.717) is 27.9 Å². The van der Waals surface area contributed by atoms with Crippen LogP contribution in [0.5, 0.6) is 0 Å². The fraction of sp³-hybridized carbons (Fsp3) is 0.148. The standard InChI is InChI=1S/C27H21ClFN5O3/c1-15-6-5-7-20(28)23(15)26(35)34-22-13-16(25(31-14-30)33(2)3)8-11-19(22)24(32-34)18-10-9-17(12-21(18)29)27(36)37-4/h5-13H,1-4H3/b31-25+. The molecule has 0 radical (unpaired) electrons. The van der Waals surface area contributed by atoms with Gasteiger partial charge in [0.15, 0.2) is 0 Å². The molecule has 0 unspecified atom stereocenters. The monoisotopic (exact) mass is 517 g/mol. The van der Waals surface area contributed by atoms with Crippen molar-refractivity contribution in [1.29, 1.82) is 5.26 Å². The van der Waals surface area contributed by atoms with E-state index in [1.807, 2.05) is 0 Å². The first-order valence-corrected chi connectivity index (χ1v) is 11.4. The molecule has 0 fully saturated rings. The van der Waals surface area contributed by atoms with Crippen molar-refractivity contribution in [3.8, 4) is 17.5 Å². The van der Waals surface area contributed by atoms with Crippen molar-refractivity contribution >= 4 is 40.2 Å². The van der Waals surface area contributed by atoms with E-state index in [0.717, 1.165) is 10.7 Å². The molecule has 0 aliphatic carbocycles. The lowest BCUT2D eigenvalue weighted by Crippen LogP contribution is -2.23. The largest absolute Gasteiger partial charge is 0.465 e. The Morgan fingerprint density at radius 3 is 2.49 bits per heavy atom. The van der Waals surface area contributed by atoms with Crippen LogP contribution in [0.2, 0.25) is 5.02 Å². The molecule has 0 amide bonds. The van der Waals surface area contributed by atoms with Crippen LogP contribution in [0.3, 0.4) is 0 Å². The van der Waals surface area contributed by atoms with Gasteiger partial charge in [-0.05, 0) is 48.9 Å². The third kappa shape index (κ3) is 4.67. The number of aromatic nitrogens is 2. The van der Waals surface area contributed by atoms with Crippen molar-refractivity contribution in [3.63, 3.8) is 0 Å². The van der Waals surface area contributed by atoms with E-state index in [9.17, 15) is 9.59 Å². The Balaban J connectivity index is 2.00. The molecule has 37 heavy (non-hydrogen) atoms. The van der Waals surface area contributed by atoms with Crippen LogP contribution in [-0.4, -0.2) is 53.6 Å². The number of carbonyl (C=O) groups excluding carboxylic acids is 2. The molecule has 0 aliphatic heterocycles. The Labute approximate surface area is 217 Å². The summed E-state index contributed by atoms with van der Waals surface area (Å²) >= 11 is 6.37. The second-order valence-corrected chi connectivity index (χ2v) is 8.75. The first kappa shape index (κ1) is 25.5. The van der Waals surface area contributed by atoms with Crippen LogP contribution >= 0.6 is 11.6 Å². The summed E-state index contributed by atoms with van der Waals surface area (Å²) in [7, 11) is 4.68. The lowest BCUT2D eigenvalue weighted by atomic mass is 10.0. The summed E-state index contributed by atoms with van der Waals surface area (Å²) in [5.41, 5.74) is 2.14. The highest BCUT2D eigenvalue weighted by Gasteiger charge is 2.24. The van der Waals surface area contributed by atoms with Gasteiger partial charge in [-0.1, -0.05) is 29.8 Å². The zero-order valence-electron chi connectivity index (χ0n) is 20.4. The minimum Gasteiger partial charge on any atom is -0.465 e. The van der Waals surface area contributed by atoms with Gasteiger partial charge in [-0.2, -0.15) is 20.0 Å². The number of hydrogen-bond acceptors (Lipinski definition) is 6. The van der Waals surface area contributed by atoms with Gasteiger partial charge >= 0.3 is 5.97 Å². The van der Waals surface area contributed by atoms with Crippen LogP contribution in [0.15, 0.2) is 59.6 Å². The van der Waals surface area contributed by atoms with Gasteiger partial charge in [-0.15, -0.1) is 0 Å². The molecule has 4 aromatic rings. The van der Waals surface area contributed by atoms with Crippen LogP contribution < -0.4 is 0 Å². The van der Waals surface area contributed by atoms with E-state index in [2.05, 4.69) is 14.8 Å². The summed E-state index contributed by atoms with van der Waals surface area (Å²) < 4.78 is 21.0. The summed E-state index contributed by atoms with van der Waals surface area (Å²) in [5.74, 6) is -1.52. The van der Waals surface area contributed by atoms with Gasteiger partial charge in [0.2, 0.25) is 6.19 Å². The number of aliphatic imine (C=N–C) groups is 1. The zero-order valence-corrected chi connectivity index (χ0v) is 21.2. The van der Waals surface area contributed by atoms with Crippen LogP contribution in [-0.2, 0) is 4.74 Å². The van der Waals surface area contributed by atoms with Crippen LogP contribution in [0.1, 0.15) is 31.8 Å². The van der Waals surface area contributed by atoms with Gasteiger partial charge in [0, 0.05) is 30.6 Å². The lowest BCUT2D eigenvalue weighted by Gasteiger charge is -2.14. The van der Waals surface area contributed by atoms with Crippen LogP contribution in [0.4, 0.5) is 4.39 Å². The molecule has 10 heteroatoms. The topological polar surface area (TPSA) is 101 Å². The van der Waals surface area contributed by atoms with Crippen LogP contribution in [0, 0.1) is 24.2 Å². The number of hydrogen-bond donors (Lipinski definition) is 0. The van der Waals surface area contributed by atoms with Gasteiger partial charge in [-0.3, -0.25) is 4.79 Å². The van der Waals surface area contributed by atoms with E-state index in [-0.39, 0.29) is 27.4 Å². The molecular weight excluding hydrogens is 497 g/mol. The van der Waals surface area contributed by atoms with E-state index in [1.54, 1.807) is 68.5 Å². The number of esters is 1. The molecule has 0 saturated heterocycles. The molecule has 4 rings (SSSR count). The molecule has 0 N–H and O–H groups in total. The predicted molar refractivity (Wildman–Crippen MR) is 138 cm³/mol. The highest BCUT2D eigenvalue weighted by atomic mass is 35.5. The minimum atomic E-state index is -0.708. The summed E-state index contributed by atoms with van der Waals surface area (Å²) in [4.78, 5) is 31.1. The molecule has 0 aliphatic rings. The fourth-order valence-electron chi connectivity index (χ4n) is 4.04. The number of aryl methyl sites for hydroxylation is 1. The quantitative estimate of drug-likeness (QED) is 0.162. The second kappa shape index (κ2) is 10.2. The number of rotatable bonds is 4. The molecule has 0 saturated carbocycles. The number of halogens is 2. The minimum absolute atomic E-state index is 0.0425. The maximum absolute atomic E-state index is 15.2. The summed E-state index contributed by atoms with van der Waals surface area (Å²) in [6.45, 7) is 1.76. The van der Waals surface area contributed by atoms with Crippen molar-refractivity contribution in [2.45, 2.75) is 6.92 Å². The van der Waals surface area contributed by atoms with Crippen LogP contribution in [0.25, 0.3) is 22.2 Å². The highest BCUT2D eigenvalue weighted by Crippen LogP contribution is 2.33. The molecule has 0 spiro atoms. The van der Waals surface area contributed by atoms with Gasteiger partial charge in [0.05, 0.1) is 28.8 Å². The molecule has 1 heterocycles. The normalized spacial score (nSPS) is 11.3. The van der Waals surface area contributed by atoms with Gasteiger partial charge < -0.3 is 9.64 Å². The van der Waals surface area contributed by atoms with Gasteiger partial charge in [0.25, 0.3) is 5.91 Å². The Kier molecular flexibility index (Phi) is 7.05. The Morgan fingerprint density at radius 2 is 1.86 bits per heavy atom. The average Bonchev–Trinajstić information content (AvgIpc) is 3.24.